The van der Waals surface area contributed by atoms with Gasteiger partial charge in [-0.25, -0.2) is 9.11 Å². The Morgan fingerprint density at radius 1 is 1.41 bits per heavy atom. The summed E-state index contributed by atoms with van der Waals surface area (Å²) < 4.78 is 40.3. The normalized spacial score (nSPS) is 11.1. The maximum Gasteiger partial charge on any atom is 0.277 e. The first-order chi connectivity index (χ1) is 7.98. The molecule has 0 radical (unpaired) electrons. The third kappa shape index (κ3) is 4.11. The minimum Gasteiger partial charge on any atom is -0.207 e. The molecule has 0 saturated carbocycles. The van der Waals surface area contributed by atoms with Crippen molar-refractivity contribution in [3.8, 4) is 6.07 Å². The molecule has 7 heteroatoms. The van der Waals surface area contributed by atoms with Gasteiger partial charge in [-0.15, -0.1) is 0 Å². The molecule has 0 heterocycles. The molecule has 0 amide bonds. The molecule has 0 spiro atoms. The molecule has 1 aromatic rings. The summed E-state index contributed by atoms with van der Waals surface area (Å²) in [7, 11) is -3.59. The van der Waals surface area contributed by atoms with E-state index < -0.39 is 16.0 Å². The molecule has 0 aliphatic heterocycles. The van der Waals surface area contributed by atoms with E-state index in [1.54, 1.807) is 13.0 Å². The lowest BCUT2D eigenvalue weighted by Gasteiger charge is -2.07. The third-order valence-electron chi connectivity index (χ3n) is 1.97. The van der Waals surface area contributed by atoms with Crippen LogP contribution in [0.1, 0.15) is 18.1 Å². The van der Waals surface area contributed by atoms with Crippen LogP contribution in [0.5, 0.6) is 0 Å². The average Bonchev–Trinajstić information content (AvgIpc) is 2.27. The van der Waals surface area contributed by atoms with Crippen molar-refractivity contribution in [1.82, 2.24) is 9.44 Å². The largest absolute Gasteiger partial charge is 0.277 e. The van der Waals surface area contributed by atoms with E-state index in [0.717, 1.165) is 6.07 Å². The van der Waals surface area contributed by atoms with Crippen molar-refractivity contribution in [2.45, 2.75) is 13.5 Å². The van der Waals surface area contributed by atoms with Crippen LogP contribution in [-0.2, 0) is 16.8 Å². The van der Waals surface area contributed by atoms with Crippen LogP contribution in [0.3, 0.4) is 0 Å². The zero-order chi connectivity index (χ0) is 12.9. The van der Waals surface area contributed by atoms with E-state index >= 15 is 0 Å². The molecular formula is C10H12FN3O2S. The molecule has 0 saturated heterocycles. The number of nitriles is 1. The number of rotatable bonds is 5. The van der Waals surface area contributed by atoms with Crippen LogP contribution in [0.15, 0.2) is 18.2 Å². The molecule has 0 unspecified atom stereocenters. The first kappa shape index (κ1) is 13.6. The summed E-state index contributed by atoms with van der Waals surface area (Å²) >= 11 is 0. The Bertz CT molecular complexity index is 537. The maximum absolute atomic E-state index is 13.4. The fourth-order valence-corrected chi connectivity index (χ4v) is 2.00. The van der Waals surface area contributed by atoms with Gasteiger partial charge in [0.15, 0.2) is 0 Å². The molecular weight excluding hydrogens is 245 g/mol. The van der Waals surface area contributed by atoms with Gasteiger partial charge in [-0.2, -0.15) is 18.4 Å². The number of nitrogens with zero attached hydrogens (tertiary/aromatic N) is 1. The number of benzene rings is 1. The van der Waals surface area contributed by atoms with Crippen LogP contribution in [0.4, 0.5) is 4.39 Å². The smallest absolute Gasteiger partial charge is 0.207 e. The predicted molar refractivity (Wildman–Crippen MR) is 60.6 cm³/mol. The molecule has 2 N–H and O–H groups in total. The van der Waals surface area contributed by atoms with E-state index in [1.807, 2.05) is 0 Å². The summed E-state index contributed by atoms with van der Waals surface area (Å²) in [6.07, 6.45) is 0. The fraction of sp³-hybridized carbons (Fsp3) is 0.300. The van der Waals surface area contributed by atoms with Gasteiger partial charge >= 0.3 is 0 Å². The van der Waals surface area contributed by atoms with Crippen molar-refractivity contribution in [3.05, 3.63) is 35.1 Å². The molecule has 17 heavy (non-hydrogen) atoms. The first-order valence-corrected chi connectivity index (χ1v) is 6.39. The van der Waals surface area contributed by atoms with Gasteiger partial charge in [-0.05, 0) is 12.1 Å². The summed E-state index contributed by atoms with van der Waals surface area (Å²) in [5.41, 5.74) is 0.381. The summed E-state index contributed by atoms with van der Waals surface area (Å²) in [5, 5.41) is 8.54. The monoisotopic (exact) mass is 257 g/mol. The SMILES string of the molecule is CCNS(=O)(=O)NCc1ccc(C#N)cc1F. The Kier molecular flexibility index (Phi) is 4.57. The second-order valence-corrected chi connectivity index (χ2v) is 4.82. The highest BCUT2D eigenvalue weighted by Gasteiger charge is 2.09. The maximum atomic E-state index is 13.4. The van der Waals surface area contributed by atoms with Gasteiger partial charge in [0.1, 0.15) is 5.82 Å². The molecule has 0 fully saturated rings. The Labute approximate surface area is 99.4 Å². The second kappa shape index (κ2) is 5.72. The van der Waals surface area contributed by atoms with Crippen LogP contribution >= 0.6 is 0 Å². The Balaban J connectivity index is 2.74. The van der Waals surface area contributed by atoms with Gasteiger partial charge in [0.2, 0.25) is 0 Å². The van der Waals surface area contributed by atoms with Gasteiger partial charge in [0, 0.05) is 18.7 Å². The zero-order valence-corrected chi connectivity index (χ0v) is 10.0. The summed E-state index contributed by atoms with van der Waals surface area (Å²) in [5.74, 6) is -0.608. The van der Waals surface area contributed by atoms with Gasteiger partial charge < -0.3 is 0 Å². The zero-order valence-electron chi connectivity index (χ0n) is 9.20. The summed E-state index contributed by atoms with van der Waals surface area (Å²) in [6.45, 7) is 1.74. The van der Waals surface area contributed by atoms with Crippen LogP contribution in [0.25, 0.3) is 0 Å². The van der Waals surface area contributed by atoms with Crippen LogP contribution in [0, 0.1) is 17.1 Å². The van der Waals surface area contributed by atoms with Crippen LogP contribution < -0.4 is 9.44 Å². The standard InChI is InChI=1S/C10H12FN3O2S/c1-2-13-17(15,16)14-7-9-4-3-8(6-12)5-10(9)11/h3-5,13-14H,2,7H2,1H3. The van der Waals surface area contributed by atoms with Crippen molar-refractivity contribution >= 4 is 10.2 Å². The lowest BCUT2D eigenvalue weighted by atomic mass is 10.1. The van der Waals surface area contributed by atoms with E-state index in [0.29, 0.717) is 0 Å². The Morgan fingerprint density at radius 2 is 2.12 bits per heavy atom. The lowest BCUT2D eigenvalue weighted by Crippen LogP contribution is -2.36. The van der Waals surface area contributed by atoms with Crippen molar-refractivity contribution in [3.63, 3.8) is 0 Å². The molecule has 0 aliphatic carbocycles. The van der Waals surface area contributed by atoms with Crippen LogP contribution in [-0.4, -0.2) is 15.0 Å². The van der Waals surface area contributed by atoms with Gasteiger partial charge in [0.05, 0.1) is 11.6 Å². The molecule has 1 aromatic carbocycles. The van der Waals surface area contributed by atoms with Crippen molar-refractivity contribution in [2.24, 2.45) is 0 Å². The van der Waals surface area contributed by atoms with Crippen molar-refractivity contribution in [1.29, 1.82) is 5.26 Å². The summed E-state index contributed by atoms with van der Waals surface area (Å²) in [6, 6.07) is 5.67. The molecule has 5 nitrogen and oxygen atoms in total. The van der Waals surface area contributed by atoms with E-state index in [2.05, 4.69) is 9.44 Å². The second-order valence-electron chi connectivity index (χ2n) is 3.24. The lowest BCUT2D eigenvalue weighted by molar-refractivity contribution is 0.563. The molecule has 92 valence electrons. The number of nitrogens with one attached hydrogen (secondary N) is 2. The van der Waals surface area contributed by atoms with Gasteiger partial charge in [-0.1, -0.05) is 13.0 Å². The number of hydrogen-bond donors (Lipinski definition) is 2. The molecule has 0 atom stereocenters. The molecule has 0 aromatic heterocycles. The van der Waals surface area contributed by atoms with Gasteiger partial charge in [0.25, 0.3) is 10.2 Å². The predicted octanol–water partition coefficient (Wildman–Crippen LogP) is 0.641. The Morgan fingerprint density at radius 3 is 2.65 bits per heavy atom. The third-order valence-corrected chi connectivity index (χ3v) is 3.16. The minimum atomic E-state index is -3.59. The average molecular weight is 257 g/mol. The number of hydrogen-bond acceptors (Lipinski definition) is 3. The van der Waals surface area contributed by atoms with E-state index in [-0.39, 0.29) is 24.2 Å². The fourth-order valence-electron chi connectivity index (χ4n) is 1.17. The summed E-state index contributed by atoms with van der Waals surface area (Å²) in [4.78, 5) is 0. The van der Waals surface area contributed by atoms with Crippen LogP contribution in [0.2, 0.25) is 0 Å². The molecule has 0 bridgehead atoms. The topological polar surface area (TPSA) is 82.0 Å². The Hall–Kier alpha value is -1.49. The highest BCUT2D eigenvalue weighted by atomic mass is 32.2. The molecule has 1 rings (SSSR count). The van der Waals surface area contributed by atoms with E-state index in [9.17, 15) is 12.8 Å². The highest BCUT2D eigenvalue weighted by molar-refractivity contribution is 7.87. The minimum absolute atomic E-state index is 0.160. The van der Waals surface area contributed by atoms with E-state index in [4.69, 9.17) is 5.26 Å². The highest BCUT2D eigenvalue weighted by Crippen LogP contribution is 2.09. The van der Waals surface area contributed by atoms with Crippen molar-refractivity contribution < 1.29 is 12.8 Å². The number of halogens is 1. The van der Waals surface area contributed by atoms with E-state index in [1.165, 1.54) is 12.1 Å². The molecule has 0 aliphatic rings. The van der Waals surface area contributed by atoms with Gasteiger partial charge in [-0.3, -0.25) is 0 Å². The quantitative estimate of drug-likeness (QED) is 0.812. The first-order valence-electron chi connectivity index (χ1n) is 4.91. The van der Waals surface area contributed by atoms with Crippen molar-refractivity contribution in [2.75, 3.05) is 6.54 Å².